The van der Waals surface area contributed by atoms with Crippen molar-refractivity contribution in [1.29, 1.82) is 0 Å². The number of aromatic amines is 1. The van der Waals surface area contributed by atoms with Crippen LogP contribution in [-0.2, 0) is 0 Å². The summed E-state index contributed by atoms with van der Waals surface area (Å²) in [6.07, 6.45) is 4.93. The van der Waals surface area contributed by atoms with Crippen molar-refractivity contribution in [3.8, 4) is 0 Å². The van der Waals surface area contributed by atoms with Crippen LogP contribution in [0, 0.1) is 5.82 Å². The Bertz CT molecular complexity index is 922. The van der Waals surface area contributed by atoms with Gasteiger partial charge in [-0.05, 0) is 25.0 Å². The summed E-state index contributed by atoms with van der Waals surface area (Å²) in [4.78, 5) is 24.9. The lowest BCUT2D eigenvalue weighted by Gasteiger charge is -2.32. The number of piperidine rings is 1. The molecule has 4 rings (SSSR count). The monoisotopic (exact) mass is 329 g/mol. The van der Waals surface area contributed by atoms with Gasteiger partial charge in [0.1, 0.15) is 11.3 Å². The van der Waals surface area contributed by atoms with Crippen molar-refractivity contribution in [2.24, 2.45) is 0 Å². The number of hydrogen-bond donors (Lipinski definition) is 2. The first kappa shape index (κ1) is 14.7. The molecule has 3 aromatic rings. The van der Waals surface area contributed by atoms with E-state index in [2.05, 4.69) is 20.3 Å². The molecule has 0 radical (unpaired) electrons. The van der Waals surface area contributed by atoms with Crippen LogP contribution >= 0.6 is 0 Å². The second-order valence-corrected chi connectivity index (χ2v) is 5.80. The molecule has 0 bridgehead atoms. The Hall–Kier alpha value is -2.90. The first-order valence-corrected chi connectivity index (χ1v) is 7.80. The maximum Gasteiger partial charge on any atom is 0.295 e. The highest BCUT2D eigenvalue weighted by molar-refractivity contribution is 5.74. The zero-order chi connectivity index (χ0) is 16.5. The number of nitrogens with one attached hydrogen (secondary N) is 2. The van der Waals surface area contributed by atoms with Gasteiger partial charge >= 0.3 is 0 Å². The molecule has 1 unspecified atom stereocenters. The maximum atomic E-state index is 13.2. The number of oxazole rings is 1. The van der Waals surface area contributed by atoms with Gasteiger partial charge in [-0.3, -0.25) is 4.79 Å². The molecule has 1 saturated heterocycles. The minimum absolute atomic E-state index is 0.0677. The summed E-state index contributed by atoms with van der Waals surface area (Å²) < 4.78 is 18.8. The fourth-order valence-corrected chi connectivity index (χ4v) is 2.99. The summed E-state index contributed by atoms with van der Waals surface area (Å²) in [6, 6.07) is 4.66. The lowest BCUT2D eigenvalue weighted by Crippen LogP contribution is -2.44. The van der Waals surface area contributed by atoms with Crippen LogP contribution in [0.3, 0.4) is 0 Å². The van der Waals surface area contributed by atoms with E-state index in [1.165, 1.54) is 18.3 Å². The molecule has 0 aliphatic carbocycles. The minimum Gasteiger partial charge on any atom is -0.424 e. The second-order valence-electron chi connectivity index (χ2n) is 5.80. The number of nitrogens with zero attached hydrogens (tertiary/aromatic N) is 3. The topological polar surface area (TPSA) is 87.0 Å². The van der Waals surface area contributed by atoms with Crippen LogP contribution < -0.4 is 15.8 Å². The van der Waals surface area contributed by atoms with Crippen LogP contribution in [0.15, 0.2) is 39.8 Å². The van der Waals surface area contributed by atoms with E-state index in [-0.39, 0.29) is 17.4 Å². The first-order chi connectivity index (χ1) is 11.7. The Labute approximate surface area is 136 Å². The van der Waals surface area contributed by atoms with E-state index >= 15 is 0 Å². The fraction of sp³-hybridized carbons (Fsp3) is 0.312. The van der Waals surface area contributed by atoms with E-state index in [4.69, 9.17) is 4.42 Å². The predicted octanol–water partition coefficient (Wildman–Crippen LogP) is 2.13. The molecule has 1 aliphatic rings. The normalized spacial score (nSPS) is 18.0. The number of fused-ring (bicyclic) bond motifs is 1. The summed E-state index contributed by atoms with van der Waals surface area (Å²) in [5.41, 5.74) is 0.814. The third-order valence-electron chi connectivity index (χ3n) is 4.09. The van der Waals surface area contributed by atoms with Crippen LogP contribution in [-0.4, -0.2) is 34.1 Å². The molecule has 1 atom stereocenters. The van der Waals surface area contributed by atoms with Crippen molar-refractivity contribution in [2.75, 3.05) is 23.3 Å². The van der Waals surface area contributed by atoms with Gasteiger partial charge in [0.15, 0.2) is 11.4 Å². The minimum atomic E-state index is -0.347. The molecule has 7 nitrogen and oxygen atoms in total. The highest BCUT2D eigenvalue weighted by atomic mass is 19.1. The van der Waals surface area contributed by atoms with Crippen molar-refractivity contribution in [3.05, 3.63) is 46.8 Å². The van der Waals surface area contributed by atoms with E-state index < -0.39 is 0 Å². The van der Waals surface area contributed by atoms with Crippen molar-refractivity contribution in [2.45, 2.75) is 18.9 Å². The van der Waals surface area contributed by atoms with Crippen LogP contribution in [0.25, 0.3) is 11.1 Å². The third kappa shape index (κ3) is 2.82. The molecule has 3 heterocycles. The van der Waals surface area contributed by atoms with E-state index in [0.29, 0.717) is 29.5 Å². The number of anilines is 2. The molecule has 0 spiro atoms. The molecular weight excluding hydrogens is 313 g/mol. The van der Waals surface area contributed by atoms with Crippen molar-refractivity contribution >= 4 is 22.9 Å². The van der Waals surface area contributed by atoms with Crippen LogP contribution in [0.5, 0.6) is 0 Å². The molecule has 124 valence electrons. The van der Waals surface area contributed by atoms with Gasteiger partial charge in [0.25, 0.3) is 11.6 Å². The van der Waals surface area contributed by atoms with Crippen molar-refractivity contribution in [3.63, 3.8) is 0 Å². The number of halogens is 1. The van der Waals surface area contributed by atoms with E-state index in [1.54, 1.807) is 12.3 Å². The predicted molar refractivity (Wildman–Crippen MR) is 87.7 cm³/mol. The molecular formula is C16H16FN5O2. The summed E-state index contributed by atoms with van der Waals surface area (Å²) >= 11 is 0. The van der Waals surface area contributed by atoms with Crippen LogP contribution in [0.2, 0.25) is 0 Å². The summed E-state index contributed by atoms with van der Waals surface area (Å²) in [5.74, 6) is 0.0733. The van der Waals surface area contributed by atoms with Gasteiger partial charge in [-0.15, -0.1) is 0 Å². The average molecular weight is 329 g/mol. The average Bonchev–Trinajstić information content (AvgIpc) is 2.97. The summed E-state index contributed by atoms with van der Waals surface area (Å²) in [5, 5.41) is 3.23. The van der Waals surface area contributed by atoms with Gasteiger partial charge in [-0.2, -0.15) is 4.98 Å². The highest BCUT2D eigenvalue weighted by Gasteiger charge is 2.23. The summed E-state index contributed by atoms with van der Waals surface area (Å²) in [6.45, 7) is 1.39. The van der Waals surface area contributed by atoms with E-state index in [0.717, 1.165) is 19.4 Å². The first-order valence-electron chi connectivity index (χ1n) is 7.80. The Morgan fingerprint density at radius 1 is 1.42 bits per heavy atom. The van der Waals surface area contributed by atoms with Crippen LogP contribution in [0.1, 0.15) is 12.8 Å². The van der Waals surface area contributed by atoms with Crippen molar-refractivity contribution in [1.82, 2.24) is 15.0 Å². The number of aromatic nitrogens is 3. The summed E-state index contributed by atoms with van der Waals surface area (Å²) in [7, 11) is 0. The molecule has 1 aromatic carbocycles. The number of H-pyrrole nitrogens is 1. The van der Waals surface area contributed by atoms with E-state index in [1.807, 2.05) is 4.90 Å². The molecule has 24 heavy (non-hydrogen) atoms. The molecule has 0 amide bonds. The molecule has 0 saturated carbocycles. The Kier molecular flexibility index (Phi) is 3.64. The molecule has 2 aromatic heterocycles. The van der Waals surface area contributed by atoms with E-state index in [9.17, 15) is 9.18 Å². The lowest BCUT2D eigenvalue weighted by atomic mass is 10.1. The molecule has 2 N–H and O–H groups in total. The number of rotatable bonds is 3. The highest BCUT2D eigenvalue weighted by Crippen LogP contribution is 2.22. The standard InChI is InChI=1S/C16H16FN5O2/c17-10-3-4-13-12(8-10)21-16(24-13)20-11-2-1-7-22(9-11)14-15(23)19-6-5-18-14/h3-6,8,11H,1-2,7,9H2,(H,19,23)(H,20,21). The fourth-order valence-electron chi connectivity index (χ4n) is 2.99. The largest absolute Gasteiger partial charge is 0.424 e. The Morgan fingerprint density at radius 2 is 2.33 bits per heavy atom. The van der Waals surface area contributed by atoms with Gasteiger partial charge in [0.05, 0.1) is 0 Å². The van der Waals surface area contributed by atoms with Crippen molar-refractivity contribution < 1.29 is 8.81 Å². The Balaban J connectivity index is 1.51. The molecule has 1 fully saturated rings. The molecule has 8 heteroatoms. The van der Waals surface area contributed by atoms with Crippen LogP contribution in [0.4, 0.5) is 16.2 Å². The SMILES string of the molecule is O=c1[nH]ccnc1N1CCCC(Nc2nc3cc(F)ccc3o2)C1. The Morgan fingerprint density at radius 3 is 3.21 bits per heavy atom. The van der Waals surface area contributed by atoms with Gasteiger partial charge in [-0.25, -0.2) is 9.37 Å². The zero-order valence-corrected chi connectivity index (χ0v) is 12.8. The van der Waals surface area contributed by atoms with Gasteiger partial charge in [-0.1, -0.05) is 0 Å². The quantitative estimate of drug-likeness (QED) is 0.765. The maximum absolute atomic E-state index is 13.2. The van der Waals surface area contributed by atoms with Gasteiger partial charge in [0.2, 0.25) is 0 Å². The number of hydrogen-bond acceptors (Lipinski definition) is 6. The zero-order valence-electron chi connectivity index (χ0n) is 12.8. The lowest BCUT2D eigenvalue weighted by molar-refractivity contribution is 0.505. The third-order valence-corrected chi connectivity index (χ3v) is 4.09. The number of benzene rings is 1. The van der Waals surface area contributed by atoms with Gasteiger partial charge in [0, 0.05) is 37.6 Å². The van der Waals surface area contributed by atoms with Gasteiger partial charge < -0.3 is 19.6 Å². The molecule has 1 aliphatic heterocycles. The smallest absolute Gasteiger partial charge is 0.295 e. The second kappa shape index (κ2) is 5.95.